The van der Waals surface area contributed by atoms with E-state index in [4.69, 9.17) is 9.47 Å². The first kappa shape index (κ1) is 26.8. The van der Waals surface area contributed by atoms with Crippen LogP contribution in [0.3, 0.4) is 0 Å². The number of ether oxygens (including phenoxy) is 3. The second kappa shape index (κ2) is 9.92. The maximum absolute atomic E-state index is 13.7. The Kier molecular flexibility index (Phi) is 7.01. The Labute approximate surface area is 214 Å². The van der Waals surface area contributed by atoms with Gasteiger partial charge in [0.2, 0.25) is 34.9 Å². The fraction of sp³-hybridized carbons (Fsp3) is 0.214. The lowest BCUT2D eigenvalue weighted by Gasteiger charge is -2.18. The number of rotatable bonds is 5. The summed E-state index contributed by atoms with van der Waals surface area (Å²) in [6.45, 7) is 6.60. The first-order chi connectivity index (χ1) is 17.8. The molecule has 0 radical (unpaired) electrons. The van der Waals surface area contributed by atoms with Crippen LogP contribution < -0.4 is 14.2 Å². The number of Topliss-reactive ketones (excluding diaryl/α,β-unsaturated/α-hetero) is 1. The van der Waals surface area contributed by atoms with Gasteiger partial charge < -0.3 is 14.2 Å². The van der Waals surface area contributed by atoms with Crippen LogP contribution in [0.15, 0.2) is 42.2 Å². The van der Waals surface area contributed by atoms with Crippen molar-refractivity contribution < 1.29 is 45.8 Å². The van der Waals surface area contributed by atoms with Gasteiger partial charge in [0.25, 0.3) is 0 Å². The third-order valence-electron chi connectivity index (χ3n) is 5.84. The standard InChI is InChI=1S/C28H21F5O5/c1-13-17(37-19(34)12-36-27-23(32)21(30)20(29)22(31)24(27)33)10-9-16-25(35)18(38-26(13)16)11-14-5-7-15(8-6-14)28(2,3)4/h5-11H,12H2,1-4H3/b18-11-. The van der Waals surface area contributed by atoms with E-state index in [0.29, 0.717) is 0 Å². The summed E-state index contributed by atoms with van der Waals surface area (Å²) in [6.07, 6.45) is 1.58. The lowest BCUT2D eigenvalue weighted by molar-refractivity contribution is -0.136. The molecule has 1 heterocycles. The zero-order chi connectivity index (χ0) is 27.9. The Hall–Kier alpha value is -4.21. The highest BCUT2D eigenvalue weighted by atomic mass is 19.2. The van der Waals surface area contributed by atoms with Crippen LogP contribution in [-0.2, 0) is 10.2 Å². The molecular weight excluding hydrogens is 511 g/mol. The van der Waals surface area contributed by atoms with E-state index in [1.54, 1.807) is 6.08 Å². The molecule has 4 rings (SSSR count). The van der Waals surface area contributed by atoms with Crippen LogP contribution in [0.5, 0.6) is 17.2 Å². The SMILES string of the molecule is Cc1c(OC(=O)COc2c(F)c(F)c(F)c(F)c2F)ccc2c1O/C(=C\c1ccc(C(C)(C)C)cc1)C2=O. The molecule has 0 saturated carbocycles. The van der Waals surface area contributed by atoms with Crippen molar-refractivity contribution in [3.05, 3.63) is 93.5 Å². The van der Waals surface area contributed by atoms with Crippen molar-refractivity contribution in [2.24, 2.45) is 0 Å². The summed E-state index contributed by atoms with van der Waals surface area (Å²) in [5.74, 6) is -14.2. The van der Waals surface area contributed by atoms with Crippen molar-refractivity contribution in [1.29, 1.82) is 0 Å². The molecule has 0 amide bonds. The van der Waals surface area contributed by atoms with Crippen LogP contribution >= 0.6 is 0 Å². The van der Waals surface area contributed by atoms with Gasteiger partial charge in [-0.25, -0.2) is 18.0 Å². The summed E-state index contributed by atoms with van der Waals surface area (Å²) in [4.78, 5) is 25.0. The van der Waals surface area contributed by atoms with E-state index in [0.717, 1.165) is 11.1 Å². The minimum absolute atomic E-state index is 0.0364. The Morgan fingerprint density at radius 3 is 2.05 bits per heavy atom. The highest BCUT2D eigenvalue weighted by Gasteiger charge is 2.31. The largest absolute Gasteiger partial charge is 0.476 e. The molecule has 198 valence electrons. The monoisotopic (exact) mass is 532 g/mol. The summed E-state index contributed by atoms with van der Waals surface area (Å²) in [6, 6.07) is 10.3. The van der Waals surface area contributed by atoms with Crippen LogP contribution in [0.2, 0.25) is 0 Å². The molecule has 0 atom stereocenters. The molecule has 38 heavy (non-hydrogen) atoms. The van der Waals surface area contributed by atoms with Crippen LogP contribution in [0.4, 0.5) is 22.0 Å². The molecule has 0 unspecified atom stereocenters. The molecule has 1 aliphatic rings. The fourth-order valence-corrected chi connectivity index (χ4v) is 3.70. The lowest BCUT2D eigenvalue weighted by atomic mass is 9.86. The number of carbonyl (C=O) groups is 2. The topological polar surface area (TPSA) is 61.8 Å². The number of benzene rings is 3. The van der Waals surface area contributed by atoms with Gasteiger partial charge >= 0.3 is 5.97 Å². The van der Waals surface area contributed by atoms with Crippen molar-refractivity contribution in [3.63, 3.8) is 0 Å². The second-order valence-electron chi connectivity index (χ2n) is 9.54. The number of fused-ring (bicyclic) bond motifs is 1. The van der Waals surface area contributed by atoms with Gasteiger partial charge in [-0.2, -0.15) is 8.78 Å². The molecule has 0 N–H and O–H groups in total. The average molecular weight is 532 g/mol. The van der Waals surface area contributed by atoms with Gasteiger partial charge in [-0.15, -0.1) is 0 Å². The quantitative estimate of drug-likeness (QED) is 0.0927. The summed E-state index contributed by atoms with van der Waals surface area (Å²) >= 11 is 0. The van der Waals surface area contributed by atoms with E-state index in [1.165, 1.54) is 19.1 Å². The van der Waals surface area contributed by atoms with E-state index >= 15 is 0 Å². The maximum atomic E-state index is 13.7. The Morgan fingerprint density at radius 2 is 1.47 bits per heavy atom. The zero-order valence-electron chi connectivity index (χ0n) is 20.7. The third-order valence-corrected chi connectivity index (χ3v) is 5.84. The molecule has 1 aliphatic heterocycles. The minimum atomic E-state index is -2.35. The fourth-order valence-electron chi connectivity index (χ4n) is 3.70. The van der Waals surface area contributed by atoms with Crippen molar-refractivity contribution in [2.45, 2.75) is 33.1 Å². The van der Waals surface area contributed by atoms with Gasteiger partial charge in [0.1, 0.15) is 11.5 Å². The molecule has 0 bridgehead atoms. The number of ketones is 1. The Morgan fingerprint density at radius 1 is 0.895 bits per heavy atom. The molecule has 0 fully saturated rings. The summed E-state index contributed by atoms with van der Waals surface area (Å²) in [5, 5.41) is 0. The number of hydrogen-bond donors (Lipinski definition) is 0. The van der Waals surface area contributed by atoms with Crippen molar-refractivity contribution in [2.75, 3.05) is 6.61 Å². The van der Waals surface area contributed by atoms with E-state index in [1.807, 2.05) is 24.3 Å². The first-order valence-corrected chi connectivity index (χ1v) is 11.3. The maximum Gasteiger partial charge on any atom is 0.349 e. The minimum Gasteiger partial charge on any atom is -0.476 e. The number of hydrogen-bond acceptors (Lipinski definition) is 5. The highest BCUT2D eigenvalue weighted by Crippen LogP contribution is 2.39. The highest BCUT2D eigenvalue weighted by molar-refractivity contribution is 6.15. The normalized spacial score (nSPS) is 13.9. The zero-order valence-corrected chi connectivity index (χ0v) is 20.7. The second-order valence-corrected chi connectivity index (χ2v) is 9.54. The number of halogens is 5. The Balaban J connectivity index is 1.49. The van der Waals surface area contributed by atoms with Crippen LogP contribution in [-0.4, -0.2) is 18.4 Å². The van der Waals surface area contributed by atoms with E-state index < -0.39 is 47.4 Å². The van der Waals surface area contributed by atoms with Crippen molar-refractivity contribution in [1.82, 2.24) is 0 Å². The molecule has 3 aromatic carbocycles. The van der Waals surface area contributed by atoms with Gasteiger partial charge in [-0.05, 0) is 41.7 Å². The summed E-state index contributed by atoms with van der Waals surface area (Å²) < 4.78 is 82.6. The molecule has 0 saturated heterocycles. The van der Waals surface area contributed by atoms with Crippen LogP contribution in [0.25, 0.3) is 6.08 Å². The third kappa shape index (κ3) is 4.98. The smallest absolute Gasteiger partial charge is 0.349 e. The lowest BCUT2D eigenvalue weighted by Crippen LogP contribution is -2.20. The number of carbonyl (C=O) groups excluding carboxylic acids is 2. The van der Waals surface area contributed by atoms with Crippen molar-refractivity contribution in [3.8, 4) is 17.2 Å². The molecule has 5 nitrogen and oxygen atoms in total. The summed E-state index contributed by atoms with van der Waals surface area (Å²) in [7, 11) is 0. The van der Waals surface area contributed by atoms with Gasteiger partial charge in [-0.1, -0.05) is 45.0 Å². The molecule has 0 spiro atoms. The average Bonchev–Trinajstić information content (AvgIpc) is 3.18. The van der Waals surface area contributed by atoms with Gasteiger partial charge in [0, 0.05) is 5.56 Å². The van der Waals surface area contributed by atoms with Gasteiger partial charge in [0.15, 0.2) is 18.1 Å². The Bertz CT molecular complexity index is 1460. The molecule has 10 heteroatoms. The molecule has 0 aliphatic carbocycles. The van der Waals surface area contributed by atoms with E-state index in [9.17, 15) is 31.5 Å². The molecule has 0 aromatic heterocycles. The van der Waals surface area contributed by atoms with Crippen LogP contribution in [0.1, 0.15) is 47.8 Å². The number of esters is 1. The molecular formula is C28H21F5O5. The van der Waals surface area contributed by atoms with E-state index in [-0.39, 0.29) is 39.6 Å². The predicted octanol–water partition coefficient (Wildman–Crippen LogP) is 6.59. The van der Waals surface area contributed by atoms with Gasteiger partial charge in [0.05, 0.1) is 5.56 Å². The van der Waals surface area contributed by atoms with Crippen molar-refractivity contribution >= 4 is 17.8 Å². The predicted molar refractivity (Wildman–Crippen MR) is 127 cm³/mol. The first-order valence-electron chi connectivity index (χ1n) is 11.3. The van der Waals surface area contributed by atoms with E-state index in [2.05, 4.69) is 25.5 Å². The summed E-state index contributed by atoms with van der Waals surface area (Å²) in [5.41, 5.74) is 2.33. The van der Waals surface area contributed by atoms with Crippen LogP contribution in [0, 0.1) is 36.0 Å². The van der Waals surface area contributed by atoms with Gasteiger partial charge in [-0.3, -0.25) is 4.79 Å². The number of allylic oxidation sites excluding steroid dienone is 1. The molecule has 3 aromatic rings.